The molecule has 4 rings (SSSR count). The molecule has 1 saturated heterocycles. The van der Waals surface area contributed by atoms with Crippen LogP contribution in [-0.4, -0.2) is 29.7 Å². The van der Waals surface area contributed by atoms with Crippen LogP contribution in [0.4, 0.5) is 11.4 Å². The summed E-state index contributed by atoms with van der Waals surface area (Å²) in [5.41, 5.74) is 8.88. The molecule has 3 nitrogen and oxygen atoms in total. The SMILES string of the molecule is C1CCOC1.Cc1cccc(C)c1[N-][Si](C)(C)C1[C-](C)C([Si](C)(C)[N-]c2c(C)cccc2C)C(C)C1C.[Cr+3]. The van der Waals surface area contributed by atoms with Gasteiger partial charge < -0.3 is 20.6 Å². The fourth-order valence-corrected chi connectivity index (χ4v) is 15.3. The third-order valence-corrected chi connectivity index (χ3v) is 15.5. The van der Waals surface area contributed by atoms with Crippen LogP contribution in [0.25, 0.3) is 9.96 Å². The van der Waals surface area contributed by atoms with Gasteiger partial charge in [0.1, 0.15) is 0 Å². The molecule has 0 spiro atoms. The van der Waals surface area contributed by atoms with E-state index in [9.17, 15) is 0 Å². The zero-order chi connectivity index (χ0) is 27.5. The van der Waals surface area contributed by atoms with E-state index in [2.05, 4.69) is 111 Å². The molecule has 1 saturated carbocycles. The van der Waals surface area contributed by atoms with Crippen LogP contribution in [0.1, 0.15) is 55.9 Å². The minimum Gasteiger partial charge on any atom is -0.688 e. The van der Waals surface area contributed by atoms with Crippen molar-refractivity contribution in [2.45, 2.75) is 98.6 Å². The fourth-order valence-electron chi connectivity index (χ4n) is 7.22. The Balaban J connectivity index is 0.000000756. The van der Waals surface area contributed by atoms with Crippen molar-refractivity contribution in [3.8, 4) is 0 Å². The summed E-state index contributed by atoms with van der Waals surface area (Å²) in [7, 11) is -3.82. The summed E-state index contributed by atoms with van der Waals surface area (Å²) in [6, 6.07) is 13.1. The van der Waals surface area contributed by atoms with E-state index in [-0.39, 0.29) is 17.4 Å². The molecular weight excluding hydrogens is 537 g/mol. The second-order valence-corrected chi connectivity index (χ2v) is 21.1. The van der Waals surface area contributed by atoms with Crippen molar-refractivity contribution < 1.29 is 22.1 Å². The van der Waals surface area contributed by atoms with Crippen LogP contribution < -0.4 is 0 Å². The quantitative estimate of drug-likeness (QED) is 0.245. The summed E-state index contributed by atoms with van der Waals surface area (Å²) in [5, 5.41) is 0. The van der Waals surface area contributed by atoms with E-state index in [4.69, 9.17) is 14.7 Å². The van der Waals surface area contributed by atoms with Gasteiger partial charge in [0.25, 0.3) is 0 Å². The van der Waals surface area contributed by atoms with E-state index >= 15 is 0 Å². The Kier molecular flexibility index (Phi) is 11.8. The van der Waals surface area contributed by atoms with E-state index in [0.717, 1.165) is 13.2 Å². The van der Waals surface area contributed by atoms with Gasteiger partial charge >= 0.3 is 17.4 Å². The Morgan fingerprint density at radius 3 is 1.26 bits per heavy atom. The minimum atomic E-state index is -1.91. The molecule has 1 radical (unpaired) electrons. The van der Waals surface area contributed by atoms with Crippen LogP contribution in [0.5, 0.6) is 0 Å². The number of benzene rings is 2. The van der Waals surface area contributed by atoms with E-state index in [1.807, 2.05) is 0 Å². The molecule has 1 aliphatic carbocycles. The van der Waals surface area contributed by atoms with Crippen molar-refractivity contribution in [1.29, 1.82) is 0 Å². The summed E-state index contributed by atoms with van der Waals surface area (Å²) in [5.74, 6) is 2.98. The molecule has 0 aromatic heterocycles. The molecule has 1 heterocycles. The van der Waals surface area contributed by atoms with Crippen LogP contribution >= 0.6 is 0 Å². The average molecular weight is 588 g/mol. The van der Waals surface area contributed by atoms with Crippen molar-refractivity contribution in [3.63, 3.8) is 0 Å². The normalized spacial score (nSPS) is 23.9. The molecule has 2 aromatic carbocycles. The molecule has 0 amide bonds. The van der Waals surface area contributed by atoms with Gasteiger partial charge in [0, 0.05) is 13.2 Å². The number of hydrogen-bond donors (Lipinski definition) is 0. The zero-order valence-electron chi connectivity index (χ0n) is 25.8. The van der Waals surface area contributed by atoms with Crippen LogP contribution in [0.15, 0.2) is 36.4 Å². The number of ether oxygens (including phenoxy) is 1. The molecule has 209 valence electrons. The molecule has 1 aliphatic heterocycles. The second kappa shape index (κ2) is 13.6. The van der Waals surface area contributed by atoms with Gasteiger partial charge in [-0.05, 0) is 40.5 Å². The fraction of sp³-hybridized carbons (Fsp3) is 0.594. The molecule has 0 N–H and O–H groups in total. The van der Waals surface area contributed by atoms with Gasteiger partial charge in [0.15, 0.2) is 0 Å². The number of rotatable bonds is 6. The van der Waals surface area contributed by atoms with Gasteiger partial charge in [-0.25, -0.2) is 0 Å². The Morgan fingerprint density at radius 2 is 1.00 bits per heavy atom. The van der Waals surface area contributed by atoms with Crippen LogP contribution in [0.2, 0.25) is 37.3 Å². The Morgan fingerprint density at radius 1 is 0.684 bits per heavy atom. The molecule has 6 heteroatoms. The predicted molar refractivity (Wildman–Crippen MR) is 168 cm³/mol. The molecule has 2 fully saturated rings. The standard InChI is InChI=1S/C28H43N2Si2.C4H8O.Cr/c1-18-14-12-15-19(2)25(18)29-31(8,9)27-22(5)23(6)28(24(27)7)32(10,11)30-26-20(3)16-13-17-21(26)4;1-2-4-5-3-1;/h12-17,22-23,27-28H,1-11H3;1-4H2;/q-3;;+3. The van der Waals surface area contributed by atoms with Gasteiger partial charge in [0.05, 0.1) is 0 Å². The third kappa shape index (κ3) is 7.37. The summed E-state index contributed by atoms with van der Waals surface area (Å²) in [6.45, 7) is 28.2. The first-order valence-corrected chi connectivity index (χ1v) is 20.3. The maximum absolute atomic E-state index is 5.54. The van der Waals surface area contributed by atoms with Crippen molar-refractivity contribution in [2.24, 2.45) is 11.8 Å². The predicted octanol–water partition coefficient (Wildman–Crippen LogP) is 10.5. The van der Waals surface area contributed by atoms with Crippen LogP contribution in [-0.2, 0) is 22.1 Å². The topological polar surface area (TPSA) is 37.4 Å². The first kappa shape index (κ1) is 33.2. The molecule has 2 aromatic rings. The number of nitrogens with zero attached hydrogens (tertiary/aromatic N) is 2. The van der Waals surface area contributed by atoms with E-state index in [1.165, 1.54) is 46.5 Å². The third-order valence-electron chi connectivity index (χ3n) is 8.89. The Hall–Kier alpha value is -1.03. The van der Waals surface area contributed by atoms with Crippen LogP contribution in [0.3, 0.4) is 0 Å². The summed E-state index contributed by atoms with van der Waals surface area (Å²) >= 11 is 0. The maximum Gasteiger partial charge on any atom is 3.00 e. The Bertz CT molecular complexity index is 928. The van der Waals surface area contributed by atoms with Crippen molar-refractivity contribution in [1.82, 2.24) is 0 Å². The number of aryl methyl sites for hydroxylation is 4. The van der Waals surface area contributed by atoms with Crippen molar-refractivity contribution in [3.05, 3.63) is 74.5 Å². The van der Waals surface area contributed by atoms with E-state index < -0.39 is 16.5 Å². The van der Waals surface area contributed by atoms with Crippen molar-refractivity contribution in [2.75, 3.05) is 13.2 Å². The molecular formula is C32H51CrN2OSi2. The monoisotopic (exact) mass is 587 g/mol. The zero-order valence-corrected chi connectivity index (χ0v) is 29.1. The number of hydrogen-bond acceptors (Lipinski definition) is 1. The van der Waals surface area contributed by atoms with Gasteiger partial charge in [0.2, 0.25) is 0 Å². The van der Waals surface area contributed by atoms with E-state index in [0.29, 0.717) is 22.9 Å². The molecule has 4 atom stereocenters. The van der Waals surface area contributed by atoms with Gasteiger partial charge in [-0.15, -0.1) is 11.4 Å². The summed E-state index contributed by atoms with van der Waals surface area (Å²) in [4.78, 5) is 11.1. The first-order chi connectivity index (χ1) is 17.3. The van der Waals surface area contributed by atoms with Gasteiger partial charge in [-0.3, -0.25) is 0 Å². The smallest absolute Gasteiger partial charge is 0.688 e. The van der Waals surface area contributed by atoms with Gasteiger partial charge in [-0.2, -0.15) is 18.0 Å². The Labute approximate surface area is 247 Å². The summed E-state index contributed by atoms with van der Waals surface area (Å²) in [6.07, 6.45) is 2.56. The molecule has 0 bridgehead atoms. The largest absolute Gasteiger partial charge is 3.00 e. The van der Waals surface area contributed by atoms with Gasteiger partial charge in [-0.1, -0.05) is 127 Å². The second-order valence-electron chi connectivity index (χ2n) is 12.7. The minimum absolute atomic E-state index is 0. The van der Waals surface area contributed by atoms with Crippen molar-refractivity contribution >= 4 is 27.8 Å². The van der Waals surface area contributed by atoms with Crippen LogP contribution in [0, 0.1) is 45.4 Å². The maximum atomic E-state index is 5.54. The summed E-state index contributed by atoms with van der Waals surface area (Å²) < 4.78 is 4.94. The molecule has 4 unspecified atom stereocenters. The molecule has 2 aliphatic rings. The average Bonchev–Trinajstić information content (AvgIpc) is 3.45. The molecule has 38 heavy (non-hydrogen) atoms. The first-order valence-electron chi connectivity index (χ1n) is 14.3. The van der Waals surface area contributed by atoms with E-state index in [1.54, 1.807) is 5.92 Å².